The van der Waals surface area contributed by atoms with Gasteiger partial charge in [-0.05, 0) is 19.8 Å². The lowest BCUT2D eigenvalue weighted by molar-refractivity contribution is -0.139. The lowest BCUT2D eigenvalue weighted by atomic mass is 10.1. The zero-order valence-electron chi connectivity index (χ0n) is 15.5. The van der Waals surface area contributed by atoms with Crippen LogP contribution in [0.2, 0.25) is 0 Å². The molecule has 3 atom stereocenters. The number of rotatable bonds is 7. The fourth-order valence-electron chi connectivity index (χ4n) is 2.44. The fraction of sp³-hybridized carbons (Fsp3) is 0.812. The molecule has 144 valence electrons. The highest BCUT2D eigenvalue weighted by Gasteiger charge is 2.31. The molecule has 1 fully saturated rings. The predicted molar refractivity (Wildman–Crippen MR) is 94.4 cm³/mol. The molecule has 1 unspecified atom stereocenters. The summed E-state index contributed by atoms with van der Waals surface area (Å²) in [5.74, 6) is 1.28. The van der Waals surface area contributed by atoms with E-state index in [4.69, 9.17) is 14.0 Å². The van der Waals surface area contributed by atoms with Crippen molar-refractivity contribution in [2.45, 2.75) is 52.5 Å². The first-order valence-electron chi connectivity index (χ1n) is 8.42. The van der Waals surface area contributed by atoms with Crippen molar-refractivity contribution in [1.29, 1.82) is 0 Å². The molecule has 0 radical (unpaired) electrons. The molecule has 1 aromatic rings. The average molecular weight is 377 g/mol. The van der Waals surface area contributed by atoms with Crippen LogP contribution in [0.25, 0.3) is 0 Å². The molecule has 0 aliphatic carbocycles. The van der Waals surface area contributed by atoms with Crippen LogP contribution in [-0.4, -0.2) is 59.9 Å². The summed E-state index contributed by atoms with van der Waals surface area (Å²) in [4.78, 5) is 18.4. The Hall–Kier alpha value is -1.22. The second-order valence-corrected chi connectivity index (χ2v) is 6.62. The van der Waals surface area contributed by atoms with Gasteiger partial charge in [-0.25, -0.2) is 0 Å². The quantitative estimate of drug-likeness (QED) is 0.772. The number of amides is 1. The molecule has 1 aromatic heterocycles. The van der Waals surface area contributed by atoms with Gasteiger partial charge in [-0.3, -0.25) is 4.79 Å². The van der Waals surface area contributed by atoms with Gasteiger partial charge in [-0.15, -0.1) is 12.4 Å². The summed E-state index contributed by atoms with van der Waals surface area (Å²) in [7, 11) is 1.72. The molecular weight excluding hydrogens is 348 g/mol. The molecule has 8 nitrogen and oxygen atoms in total. The van der Waals surface area contributed by atoms with Crippen LogP contribution >= 0.6 is 12.4 Å². The number of nitrogens with one attached hydrogen (secondary N) is 1. The first-order chi connectivity index (χ1) is 11.4. The van der Waals surface area contributed by atoms with E-state index in [0.717, 1.165) is 0 Å². The van der Waals surface area contributed by atoms with Gasteiger partial charge in [0, 0.05) is 20.2 Å². The van der Waals surface area contributed by atoms with Gasteiger partial charge < -0.3 is 24.2 Å². The highest BCUT2D eigenvalue weighted by molar-refractivity contribution is 5.85. The van der Waals surface area contributed by atoms with E-state index in [2.05, 4.69) is 29.3 Å². The average Bonchev–Trinajstić information content (AvgIpc) is 3.01. The summed E-state index contributed by atoms with van der Waals surface area (Å²) < 4.78 is 16.4. The maximum Gasteiger partial charge on any atom is 0.246 e. The van der Waals surface area contributed by atoms with Gasteiger partial charge >= 0.3 is 0 Å². The van der Waals surface area contributed by atoms with Crippen molar-refractivity contribution in [1.82, 2.24) is 20.4 Å². The molecule has 1 amide bonds. The van der Waals surface area contributed by atoms with E-state index in [9.17, 15) is 4.79 Å². The Bertz CT molecular complexity index is 540. The van der Waals surface area contributed by atoms with Crippen molar-refractivity contribution in [3.8, 4) is 0 Å². The van der Waals surface area contributed by atoms with Crippen LogP contribution in [-0.2, 0) is 20.8 Å². The second-order valence-electron chi connectivity index (χ2n) is 6.62. The molecule has 0 spiro atoms. The van der Waals surface area contributed by atoms with Crippen molar-refractivity contribution in [2.24, 2.45) is 5.92 Å². The monoisotopic (exact) mass is 376 g/mol. The molecule has 0 aromatic carbocycles. The van der Waals surface area contributed by atoms with Crippen molar-refractivity contribution in [3.05, 3.63) is 11.7 Å². The first kappa shape index (κ1) is 21.8. The van der Waals surface area contributed by atoms with Gasteiger partial charge in [0.2, 0.25) is 11.8 Å². The van der Waals surface area contributed by atoms with E-state index < -0.39 is 0 Å². The summed E-state index contributed by atoms with van der Waals surface area (Å²) in [5, 5.41) is 7.13. The standard InChI is InChI=1S/C16H28N4O4.ClH/c1-10(2)9-23-12(4)15-18-13(24-19-15)8-20(5)16(21)14-11(3)22-7-6-17-14;/h10-12,14,17H,6-9H2,1-5H3;1H/t11-,12?,14+;/m1./s1. The van der Waals surface area contributed by atoms with Crippen LogP contribution < -0.4 is 5.32 Å². The van der Waals surface area contributed by atoms with Gasteiger partial charge in [-0.2, -0.15) is 4.98 Å². The number of morpholine rings is 1. The topological polar surface area (TPSA) is 89.7 Å². The molecule has 9 heteroatoms. The van der Waals surface area contributed by atoms with Crippen molar-refractivity contribution in [2.75, 3.05) is 26.8 Å². The number of carbonyl (C=O) groups excluding carboxylic acids is 1. The zero-order chi connectivity index (χ0) is 17.7. The Morgan fingerprint density at radius 1 is 1.44 bits per heavy atom. The largest absolute Gasteiger partial charge is 0.375 e. The Labute approximate surface area is 155 Å². The number of aromatic nitrogens is 2. The Morgan fingerprint density at radius 2 is 2.16 bits per heavy atom. The summed E-state index contributed by atoms with van der Waals surface area (Å²) >= 11 is 0. The van der Waals surface area contributed by atoms with Crippen LogP contribution in [0.4, 0.5) is 0 Å². The normalized spacial score (nSPS) is 21.7. The molecule has 1 aliphatic heterocycles. The van der Waals surface area contributed by atoms with Gasteiger partial charge in [0.25, 0.3) is 0 Å². The fourth-order valence-corrected chi connectivity index (χ4v) is 2.44. The van der Waals surface area contributed by atoms with Crippen molar-refractivity contribution >= 4 is 18.3 Å². The number of ether oxygens (including phenoxy) is 2. The predicted octanol–water partition coefficient (Wildman–Crippen LogP) is 1.56. The minimum atomic E-state index is -0.348. The van der Waals surface area contributed by atoms with Crippen LogP contribution in [0, 0.1) is 5.92 Å². The minimum absolute atomic E-state index is 0. The van der Waals surface area contributed by atoms with E-state index in [1.165, 1.54) is 0 Å². The first-order valence-corrected chi connectivity index (χ1v) is 8.42. The molecule has 1 aliphatic rings. The van der Waals surface area contributed by atoms with Crippen LogP contribution in [0.1, 0.15) is 45.5 Å². The van der Waals surface area contributed by atoms with E-state index in [0.29, 0.717) is 37.4 Å². The van der Waals surface area contributed by atoms with Crippen LogP contribution in [0.3, 0.4) is 0 Å². The smallest absolute Gasteiger partial charge is 0.246 e. The second kappa shape index (κ2) is 10.1. The molecule has 1 N–H and O–H groups in total. The third-order valence-electron chi connectivity index (χ3n) is 3.86. The van der Waals surface area contributed by atoms with E-state index >= 15 is 0 Å². The Morgan fingerprint density at radius 3 is 2.80 bits per heavy atom. The summed E-state index contributed by atoms with van der Waals surface area (Å²) in [5.41, 5.74) is 0. The molecule has 0 bridgehead atoms. The van der Waals surface area contributed by atoms with Gasteiger partial charge in [0.05, 0.1) is 19.3 Å². The van der Waals surface area contributed by atoms with Crippen molar-refractivity contribution in [3.63, 3.8) is 0 Å². The zero-order valence-corrected chi connectivity index (χ0v) is 16.3. The Balaban J connectivity index is 0.00000312. The molecule has 0 saturated carbocycles. The van der Waals surface area contributed by atoms with Crippen LogP contribution in [0.5, 0.6) is 0 Å². The van der Waals surface area contributed by atoms with Gasteiger partial charge in [-0.1, -0.05) is 19.0 Å². The lowest BCUT2D eigenvalue weighted by Crippen LogP contribution is -2.55. The number of nitrogens with zero attached hydrogens (tertiary/aromatic N) is 3. The van der Waals surface area contributed by atoms with Crippen LogP contribution in [0.15, 0.2) is 4.52 Å². The molecular formula is C16H29ClN4O4. The SMILES string of the molecule is CC(C)COC(C)c1noc(CN(C)C(=O)[C@H]2NCCO[C@@H]2C)n1.Cl. The number of hydrogen-bond donors (Lipinski definition) is 1. The lowest BCUT2D eigenvalue weighted by Gasteiger charge is -2.31. The van der Waals surface area contributed by atoms with E-state index in [-0.39, 0.29) is 43.1 Å². The third-order valence-corrected chi connectivity index (χ3v) is 3.86. The number of carbonyl (C=O) groups is 1. The van der Waals surface area contributed by atoms with E-state index in [1.807, 2.05) is 13.8 Å². The highest BCUT2D eigenvalue weighted by Crippen LogP contribution is 2.15. The van der Waals surface area contributed by atoms with Crippen molar-refractivity contribution < 1.29 is 18.8 Å². The van der Waals surface area contributed by atoms with Gasteiger partial charge in [0.1, 0.15) is 12.1 Å². The van der Waals surface area contributed by atoms with Gasteiger partial charge in [0.15, 0.2) is 5.82 Å². The van der Waals surface area contributed by atoms with E-state index in [1.54, 1.807) is 11.9 Å². The number of likely N-dealkylation sites (N-methyl/N-ethyl adjacent to an activating group) is 1. The third kappa shape index (κ3) is 6.22. The molecule has 2 rings (SSSR count). The molecule has 2 heterocycles. The maximum atomic E-state index is 12.5. The number of hydrogen-bond acceptors (Lipinski definition) is 7. The minimum Gasteiger partial charge on any atom is -0.375 e. The maximum absolute atomic E-state index is 12.5. The number of halogens is 1. The Kier molecular flexibility index (Phi) is 8.78. The molecule has 1 saturated heterocycles. The summed E-state index contributed by atoms with van der Waals surface area (Å²) in [6, 6.07) is -0.348. The highest BCUT2D eigenvalue weighted by atomic mass is 35.5. The summed E-state index contributed by atoms with van der Waals surface area (Å²) in [6.45, 7) is 10.1. The molecule has 25 heavy (non-hydrogen) atoms. The summed E-state index contributed by atoms with van der Waals surface area (Å²) in [6.07, 6.45) is -0.393.